The summed E-state index contributed by atoms with van der Waals surface area (Å²) in [5, 5.41) is 0. The number of fused-ring (bicyclic) bond motifs is 1. The van der Waals surface area contributed by atoms with Gasteiger partial charge in [-0.1, -0.05) is 22.9 Å². The SMILES string of the molecule is C[C@@H]1CC[C@@H]2C(=O)N(c3ccc(OC(=O)c4ccc(Br)cc4)cc3)C(=O)[C@H]2C1. The Bertz CT molecular complexity index is 923. The zero-order valence-electron chi connectivity index (χ0n) is 15.4. The maximum atomic E-state index is 12.8. The van der Waals surface area contributed by atoms with Crippen LogP contribution in [0.25, 0.3) is 0 Å². The van der Waals surface area contributed by atoms with Crippen LogP contribution in [0.2, 0.25) is 0 Å². The van der Waals surface area contributed by atoms with E-state index in [2.05, 4.69) is 22.9 Å². The summed E-state index contributed by atoms with van der Waals surface area (Å²) < 4.78 is 6.26. The first-order chi connectivity index (χ1) is 13.4. The van der Waals surface area contributed by atoms with E-state index in [0.29, 0.717) is 22.9 Å². The summed E-state index contributed by atoms with van der Waals surface area (Å²) in [4.78, 5) is 39.1. The molecule has 0 bridgehead atoms. The Labute approximate surface area is 171 Å². The molecule has 2 aliphatic rings. The summed E-state index contributed by atoms with van der Waals surface area (Å²) in [7, 11) is 0. The lowest BCUT2D eigenvalue weighted by Crippen LogP contribution is -2.30. The average Bonchev–Trinajstić information content (AvgIpc) is 2.93. The van der Waals surface area contributed by atoms with Gasteiger partial charge in [0.25, 0.3) is 0 Å². The Morgan fingerprint density at radius 1 is 0.964 bits per heavy atom. The maximum absolute atomic E-state index is 12.8. The van der Waals surface area contributed by atoms with Gasteiger partial charge in [-0.2, -0.15) is 0 Å². The number of esters is 1. The predicted molar refractivity (Wildman–Crippen MR) is 108 cm³/mol. The zero-order valence-corrected chi connectivity index (χ0v) is 17.0. The van der Waals surface area contributed by atoms with Crippen molar-refractivity contribution in [2.24, 2.45) is 17.8 Å². The molecule has 0 unspecified atom stereocenters. The monoisotopic (exact) mass is 441 g/mol. The van der Waals surface area contributed by atoms with Crippen molar-refractivity contribution in [3.63, 3.8) is 0 Å². The molecule has 2 aromatic rings. The highest BCUT2D eigenvalue weighted by atomic mass is 79.9. The smallest absolute Gasteiger partial charge is 0.343 e. The lowest BCUT2D eigenvalue weighted by atomic mass is 9.76. The van der Waals surface area contributed by atoms with Crippen LogP contribution in [0.1, 0.15) is 36.5 Å². The number of imide groups is 1. The summed E-state index contributed by atoms with van der Waals surface area (Å²) in [6.07, 6.45) is 2.53. The number of nitrogens with zero attached hydrogens (tertiary/aromatic N) is 1. The van der Waals surface area contributed by atoms with Gasteiger partial charge in [0, 0.05) is 4.47 Å². The molecule has 2 amide bonds. The van der Waals surface area contributed by atoms with Crippen molar-refractivity contribution in [2.75, 3.05) is 4.90 Å². The summed E-state index contributed by atoms with van der Waals surface area (Å²) in [6.45, 7) is 2.13. The van der Waals surface area contributed by atoms with E-state index in [9.17, 15) is 14.4 Å². The highest BCUT2D eigenvalue weighted by molar-refractivity contribution is 9.10. The van der Waals surface area contributed by atoms with Crippen LogP contribution in [-0.2, 0) is 9.59 Å². The van der Waals surface area contributed by atoms with Crippen LogP contribution in [-0.4, -0.2) is 17.8 Å². The third-order valence-electron chi connectivity index (χ3n) is 5.57. The van der Waals surface area contributed by atoms with E-state index in [1.54, 1.807) is 48.5 Å². The molecule has 2 aromatic carbocycles. The molecule has 144 valence electrons. The first kappa shape index (κ1) is 18.9. The number of rotatable bonds is 3. The topological polar surface area (TPSA) is 63.7 Å². The van der Waals surface area contributed by atoms with Crippen molar-refractivity contribution in [2.45, 2.75) is 26.2 Å². The summed E-state index contributed by atoms with van der Waals surface area (Å²) in [5.41, 5.74) is 0.968. The second-order valence-electron chi connectivity index (χ2n) is 7.53. The van der Waals surface area contributed by atoms with Crippen molar-refractivity contribution in [1.82, 2.24) is 0 Å². The molecule has 1 saturated heterocycles. The van der Waals surface area contributed by atoms with E-state index in [0.717, 1.165) is 23.7 Å². The van der Waals surface area contributed by atoms with Gasteiger partial charge in [0.1, 0.15) is 5.75 Å². The molecule has 28 heavy (non-hydrogen) atoms. The number of anilines is 1. The minimum absolute atomic E-state index is 0.110. The second-order valence-corrected chi connectivity index (χ2v) is 8.45. The first-order valence-corrected chi connectivity index (χ1v) is 10.2. The van der Waals surface area contributed by atoms with Crippen molar-refractivity contribution >= 4 is 39.4 Å². The van der Waals surface area contributed by atoms with E-state index in [1.807, 2.05) is 0 Å². The molecule has 0 radical (unpaired) electrons. The molecule has 5 nitrogen and oxygen atoms in total. The Kier molecular flexibility index (Phi) is 5.06. The number of carbonyl (C=O) groups excluding carboxylic acids is 3. The average molecular weight is 442 g/mol. The van der Waals surface area contributed by atoms with E-state index in [4.69, 9.17) is 4.74 Å². The quantitative estimate of drug-likeness (QED) is 0.396. The molecule has 1 aliphatic carbocycles. The molecule has 0 N–H and O–H groups in total. The fourth-order valence-electron chi connectivity index (χ4n) is 4.06. The molecule has 6 heteroatoms. The minimum atomic E-state index is -0.464. The van der Waals surface area contributed by atoms with Gasteiger partial charge in [-0.25, -0.2) is 4.79 Å². The van der Waals surface area contributed by atoms with Gasteiger partial charge in [0.2, 0.25) is 11.8 Å². The lowest BCUT2D eigenvalue weighted by Gasteiger charge is -2.25. The van der Waals surface area contributed by atoms with Crippen LogP contribution < -0.4 is 9.64 Å². The molecule has 4 rings (SSSR count). The first-order valence-electron chi connectivity index (χ1n) is 9.39. The molecule has 1 aliphatic heterocycles. The number of amides is 2. The lowest BCUT2D eigenvalue weighted by molar-refractivity contribution is -0.122. The molecule has 0 aromatic heterocycles. The third kappa shape index (κ3) is 3.49. The summed E-state index contributed by atoms with van der Waals surface area (Å²) >= 11 is 3.33. The van der Waals surface area contributed by atoms with Crippen molar-refractivity contribution < 1.29 is 19.1 Å². The highest BCUT2D eigenvalue weighted by Gasteiger charge is 2.49. The van der Waals surface area contributed by atoms with E-state index in [-0.39, 0.29) is 23.7 Å². The van der Waals surface area contributed by atoms with Crippen LogP contribution >= 0.6 is 15.9 Å². The van der Waals surface area contributed by atoms with Crippen molar-refractivity contribution in [1.29, 1.82) is 0 Å². The number of halogens is 1. The van der Waals surface area contributed by atoms with Gasteiger partial charge >= 0.3 is 5.97 Å². The second kappa shape index (κ2) is 7.51. The Morgan fingerprint density at radius 3 is 2.29 bits per heavy atom. The number of ether oxygens (including phenoxy) is 1. The fourth-order valence-corrected chi connectivity index (χ4v) is 4.32. The van der Waals surface area contributed by atoms with E-state index < -0.39 is 5.97 Å². The molecule has 1 saturated carbocycles. The number of benzene rings is 2. The largest absolute Gasteiger partial charge is 0.423 e. The van der Waals surface area contributed by atoms with Crippen molar-refractivity contribution in [3.8, 4) is 5.75 Å². The Balaban J connectivity index is 1.49. The standard InChI is InChI=1S/C22H20BrNO4/c1-13-2-11-18-19(12-13)21(26)24(20(18)25)16-7-9-17(10-8-16)28-22(27)14-3-5-15(23)6-4-14/h3-10,13,18-19H,2,11-12H2,1H3/t13-,18+,19+/m1/s1. The zero-order chi connectivity index (χ0) is 19.8. The molecular weight excluding hydrogens is 422 g/mol. The van der Waals surface area contributed by atoms with Gasteiger partial charge in [-0.15, -0.1) is 0 Å². The molecular formula is C22H20BrNO4. The minimum Gasteiger partial charge on any atom is -0.423 e. The van der Waals surface area contributed by atoms with Gasteiger partial charge in [-0.3, -0.25) is 14.5 Å². The van der Waals surface area contributed by atoms with Gasteiger partial charge < -0.3 is 4.74 Å². The van der Waals surface area contributed by atoms with Gasteiger partial charge in [0.05, 0.1) is 23.1 Å². The Hall–Kier alpha value is -2.47. The van der Waals surface area contributed by atoms with E-state index in [1.165, 1.54) is 4.90 Å². The highest BCUT2D eigenvalue weighted by Crippen LogP contribution is 2.42. The van der Waals surface area contributed by atoms with Gasteiger partial charge in [0.15, 0.2) is 0 Å². The third-order valence-corrected chi connectivity index (χ3v) is 6.10. The summed E-state index contributed by atoms with van der Waals surface area (Å²) in [5.74, 6) is -0.249. The molecule has 0 spiro atoms. The fraction of sp³-hybridized carbons (Fsp3) is 0.318. The molecule has 2 fully saturated rings. The molecule has 3 atom stereocenters. The van der Waals surface area contributed by atoms with Gasteiger partial charge in [-0.05, 0) is 73.7 Å². The van der Waals surface area contributed by atoms with Crippen LogP contribution in [0.15, 0.2) is 53.0 Å². The predicted octanol–water partition coefficient (Wildman–Crippen LogP) is 4.59. The summed E-state index contributed by atoms with van der Waals surface area (Å²) in [6, 6.07) is 13.4. The number of hydrogen-bond donors (Lipinski definition) is 0. The van der Waals surface area contributed by atoms with Crippen LogP contribution in [0.3, 0.4) is 0 Å². The number of carbonyl (C=O) groups is 3. The normalized spacial score (nSPS) is 24.2. The Morgan fingerprint density at radius 2 is 1.61 bits per heavy atom. The van der Waals surface area contributed by atoms with E-state index >= 15 is 0 Å². The van der Waals surface area contributed by atoms with Crippen molar-refractivity contribution in [3.05, 3.63) is 58.6 Å². The van der Waals surface area contributed by atoms with Crippen LogP contribution in [0.4, 0.5) is 5.69 Å². The van der Waals surface area contributed by atoms with Crippen LogP contribution in [0.5, 0.6) is 5.75 Å². The number of hydrogen-bond acceptors (Lipinski definition) is 4. The maximum Gasteiger partial charge on any atom is 0.343 e. The molecule has 1 heterocycles. The van der Waals surface area contributed by atoms with Crippen LogP contribution in [0, 0.1) is 17.8 Å².